The molecule has 2 aromatic rings. The lowest BCUT2D eigenvalue weighted by atomic mass is 9.80. The van der Waals surface area contributed by atoms with E-state index >= 15 is 0 Å². The van der Waals surface area contributed by atoms with Crippen molar-refractivity contribution in [3.05, 3.63) is 35.0 Å². The molecule has 0 fully saturated rings. The third-order valence-electron chi connectivity index (χ3n) is 2.98. The molecule has 0 aliphatic carbocycles. The van der Waals surface area contributed by atoms with Gasteiger partial charge in [-0.15, -0.1) is 0 Å². The Balaban J connectivity index is 2.61. The number of hydrogen-bond acceptors (Lipinski definition) is 1. The fourth-order valence-electron chi connectivity index (χ4n) is 2.18. The number of carboxylic acids is 1. The number of H-pyrrole nitrogens is 1. The fourth-order valence-corrected chi connectivity index (χ4v) is 2.44. The molecule has 17 heavy (non-hydrogen) atoms. The Morgan fingerprint density at radius 2 is 2.18 bits per heavy atom. The van der Waals surface area contributed by atoms with Gasteiger partial charge in [-0.3, -0.25) is 4.79 Å². The van der Waals surface area contributed by atoms with Crippen LogP contribution < -0.4 is 0 Å². The van der Waals surface area contributed by atoms with Crippen molar-refractivity contribution in [1.82, 2.24) is 4.98 Å². The smallest absolute Gasteiger partial charge is 0.304 e. The molecular weight excluding hydrogens is 238 g/mol. The summed E-state index contributed by atoms with van der Waals surface area (Å²) in [5, 5.41) is 10.5. The van der Waals surface area contributed by atoms with Crippen molar-refractivity contribution in [2.24, 2.45) is 0 Å². The first-order valence-corrected chi connectivity index (χ1v) is 5.77. The lowest BCUT2D eigenvalue weighted by molar-refractivity contribution is -0.138. The van der Waals surface area contributed by atoms with Crippen molar-refractivity contribution >= 4 is 28.5 Å². The van der Waals surface area contributed by atoms with Gasteiger partial charge in [0, 0.05) is 22.5 Å². The SMILES string of the molecule is CC(C)(CC(=O)O)c1cccc2[nH]cc(Cl)c12. The molecule has 0 saturated carbocycles. The first-order valence-electron chi connectivity index (χ1n) is 5.40. The predicted molar refractivity (Wildman–Crippen MR) is 68.6 cm³/mol. The van der Waals surface area contributed by atoms with Crippen LogP contribution in [0.4, 0.5) is 0 Å². The van der Waals surface area contributed by atoms with E-state index in [9.17, 15) is 4.79 Å². The molecule has 1 aromatic heterocycles. The summed E-state index contributed by atoms with van der Waals surface area (Å²) in [6.07, 6.45) is 1.81. The zero-order valence-electron chi connectivity index (χ0n) is 9.75. The van der Waals surface area contributed by atoms with Gasteiger partial charge in [0.15, 0.2) is 0 Å². The molecule has 0 amide bonds. The highest BCUT2D eigenvalue weighted by Gasteiger charge is 2.27. The Hall–Kier alpha value is -1.48. The minimum absolute atomic E-state index is 0.0770. The summed E-state index contributed by atoms with van der Waals surface area (Å²) in [5.74, 6) is -0.807. The average molecular weight is 252 g/mol. The molecule has 1 heterocycles. The van der Waals surface area contributed by atoms with Gasteiger partial charge in [-0.25, -0.2) is 0 Å². The maximum Gasteiger partial charge on any atom is 0.304 e. The number of benzene rings is 1. The summed E-state index contributed by atoms with van der Waals surface area (Å²) in [7, 11) is 0. The summed E-state index contributed by atoms with van der Waals surface area (Å²) < 4.78 is 0. The largest absolute Gasteiger partial charge is 0.481 e. The van der Waals surface area contributed by atoms with E-state index in [0.717, 1.165) is 16.5 Å². The summed E-state index contributed by atoms with van der Waals surface area (Å²) in [6.45, 7) is 3.83. The van der Waals surface area contributed by atoms with Gasteiger partial charge in [0.05, 0.1) is 11.4 Å². The van der Waals surface area contributed by atoms with E-state index in [1.54, 1.807) is 6.20 Å². The van der Waals surface area contributed by atoms with Gasteiger partial charge >= 0.3 is 5.97 Å². The van der Waals surface area contributed by atoms with Crippen molar-refractivity contribution < 1.29 is 9.90 Å². The van der Waals surface area contributed by atoms with Crippen molar-refractivity contribution in [3.63, 3.8) is 0 Å². The van der Waals surface area contributed by atoms with Crippen LogP contribution in [0.3, 0.4) is 0 Å². The second-order valence-corrected chi connectivity index (χ2v) is 5.23. The van der Waals surface area contributed by atoms with Crippen LogP contribution in [0, 0.1) is 0 Å². The molecule has 0 bridgehead atoms. The standard InChI is InChI=1S/C13H14ClNO2/c1-13(2,6-11(16)17)8-4-3-5-10-12(8)9(14)7-15-10/h3-5,7,15H,6H2,1-2H3,(H,16,17). The highest BCUT2D eigenvalue weighted by molar-refractivity contribution is 6.35. The Labute approximate surface area is 104 Å². The Kier molecular flexibility index (Phi) is 2.87. The van der Waals surface area contributed by atoms with Crippen molar-refractivity contribution in [2.45, 2.75) is 25.7 Å². The number of carboxylic acid groups (broad SMARTS) is 1. The monoisotopic (exact) mass is 251 g/mol. The number of aliphatic carboxylic acids is 1. The first-order chi connectivity index (χ1) is 7.92. The molecule has 4 heteroatoms. The summed E-state index contributed by atoms with van der Waals surface area (Å²) in [5.41, 5.74) is 1.45. The molecule has 0 unspecified atom stereocenters. The van der Waals surface area contributed by atoms with E-state index in [1.807, 2.05) is 32.0 Å². The van der Waals surface area contributed by atoms with Crippen LogP contribution in [0.5, 0.6) is 0 Å². The number of aromatic nitrogens is 1. The van der Waals surface area contributed by atoms with Crippen LogP contribution in [-0.4, -0.2) is 16.1 Å². The van der Waals surface area contributed by atoms with E-state index in [-0.39, 0.29) is 6.42 Å². The van der Waals surface area contributed by atoms with Gasteiger partial charge in [-0.05, 0) is 11.6 Å². The minimum atomic E-state index is -0.807. The van der Waals surface area contributed by atoms with Crippen LogP contribution in [0.1, 0.15) is 25.8 Å². The third kappa shape index (κ3) is 2.15. The molecule has 90 valence electrons. The normalized spacial score (nSPS) is 11.9. The van der Waals surface area contributed by atoms with Gasteiger partial charge in [0.2, 0.25) is 0 Å². The topological polar surface area (TPSA) is 53.1 Å². The van der Waals surface area contributed by atoms with E-state index in [1.165, 1.54) is 0 Å². The quantitative estimate of drug-likeness (QED) is 0.876. The summed E-state index contributed by atoms with van der Waals surface area (Å²) >= 11 is 6.14. The average Bonchev–Trinajstić information content (AvgIpc) is 2.59. The molecule has 1 aromatic carbocycles. The Morgan fingerprint density at radius 3 is 2.82 bits per heavy atom. The van der Waals surface area contributed by atoms with Crippen LogP contribution in [0.2, 0.25) is 5.02 Å². The van der Waals surface area contributed by atoms with Crippen molar-refractivity contribution in [2.75, 3.05) is 0 Å². The van der Waals surface area contributed by atoms with E-state index in [4.69, 9.17) is 16.7 Å². The molecule has 0 spiro atoms. The molecule has 0 aliphatic rings. The predicted octanol–water partition coefficient (Wildman–Crippen LogP) is 3.57. The minimum Gasteiger partial charge on any atom is -0.481 e. The van der Waals surface area contributed by atoms with Crippen LogP contribution in [-0.2, 0) is 10.2 Å². The van der Waals surface area contributed by atoms with Crippen LogP contribution >= 0.6 is 11.6 Å². The molecule has 0 radical (unpaired) electrons. The molecular formula is C13H14ClNO2. The zero-order valence-corrected chi connectivity index (χ0v) is 10.5. The van der Waals surface area contributed by atoms with Crippen molar-refractivity contribution in [3.8, 4) is 0 Å². The molecule has 2 N–H and O–H groups in total. The lowest BCUT2D eigenvalue weighted by Crippen LogP contribution is -2.21. The molecule has 2 rings (SSSR count). The first kappa shape index (κ1) is 12.0. The van der Waals surface area contributed by atoms with E-state index in [0.29, 0.717) is 5.02 Å². The van der Waals surface area contributed by atoms with Gasteiger partial charge in [-0.2, -0.15) is 0 Å². The lowest BCUT2D eigenvalue weighted by Gasteiger charge is -2.24. The second-order valence-electron chi connectivity index (χ2n) is 4.82. The fraction of sp³-hybridized carbons (Fsp3) is 0.308. The van der Waals surface area contributed by atoms with Gasteiger partial charge < -0.3 is 10.1 Å². The number of rotatable bonds is 3. The van der Waals surface area contributed by atoms with Gasteiger partial charge in [-0.1, -0.05) is 37.6 Å². The number of hydrogen-bond donors (Lipinski definition) is 2. The summed E-state index contributed by atoms with van der Waals surface area (Å²) in [6, 6.07) is 5.78. The zero-order chi connectivity index (χ0) is 12.6. The van der Waals surface area contributed by atoms with Crippen LogP contribution in [0.15, 0.2) is 24.4 Å². The molecule has 0 aliphatic heterocycles. The number of halogens is 1. The highest BCUT2D eigenvalue weighted by atomic mass is 35.5. The number of fused-ring (bicyclic) bond motifs is 1. The molecule has 0 saturated heterocycles. The number of nitrogens with one attached hydrogen (secondary N) is 1. The maximum absolute atomic E-state index is 10.9. The summed E-state index contributed by atoms with van der Waals surface area (Å²) in [4.78, 5) is 14.0. The highest BCUT2D eigenvalue weighted by Crippen LogP contribution is 2.36. The maximum atomic E-state index is 10.9. The molecule has 0 atom stereocenters. The second kappa shape index (κ2) is 4.08. The van der Waals surface area contributed by atoms with Crippen molar-refractivity contribution in [1.29, 1.82) is 0 Å². The number of aromatic amines is 1. The van der Waals surface area contributed by atoms with Crippen LogP contribution in [0.25, 0.3) is 10.9 Å². The Morgan fingerprint density at radius 1 is 1.47 bits per heavy atom. The van der Waals surface area contributed by atoms with Gasteiger partial charge in [0.1, 0.15) is 0 Å². The van der Waals surface area contributed by atoms with Gasteiger partial charge in [0.25, 0.3) is 0 Å². The van der Waals surface area contributed by atoms with E-state index < -0.39 is 11.4 Å². The van der Waals surface area contributed by atoms with E-state index in [2.05, 4.69) is 4.98 Å². The molecule has 3 nitrogen and oxygen atoms in total. The third-order valence-corrected chi connectivity index (χ3v) is 3.28. The number of carbonyl (C=O) groups is 1. The Bertz CT molecular complexity index is 572.